The summed E-state index contributed by atoms with van der Waals surface area (Å²) >= 11 is 0. The van der Waals surface area contributed by atoms with Crippen molar-refractivity contribution in [2.24, 2.45) is 0 Å². The predicted molar refractivity (Wildman–Crippen MR) is 75.8 cm³/mol. The number of hydrogen-bond donors (Lipinski definition) is 2. The van der Waals surface area contributed by atoms with Crippen LogP contribution in [-0.2, 0) is 9.47 Å². The van der Waals surface area contributed by atoms with Crippen molar-refractivity contribution in [1.29, 1.82) is 0 Å². The summed E-state index contributed by atoms with van der Waals surface area (Å²) in [6.07, 6.45) is -1.03. The zero-order chi connectivity index (χ0) is 15.7. The van der Waals surface area contributed by atoms with Gasteiger partial charge in [0.1, 0.15) is 13.2 Å². The average Bonchev–Trinajstić information content (AvgIpc) is 3.10. The fourth-order valence-electron chi connectivity index (χ4n) is 2.60. The summed E-state index contributed by atoms with van der Waals surface area (Å²) in [6, 6.07) is 5.80. The number of aliphatic hydroxyl groups is 2. The molecule has 2 aliphatic rings. The zero-order valence-electron chi connectivity index (χ0n) is 11.7. The van der Waals surface area contributed by atoms with E-state index in [4.69, 9.17) is 9.47 Å². The number of nitrogens with zero attached hydrogens (tertiary/aromatic N) is 2. The Bertz CT molecular complexity index is 524. The van der Waals surface area contributed by atoms with Gasteiger partial charge in [0.25, 0.3) is 0 Å². The molecule has 0 saturated carbocycles. The second kappa shape index (κ2) is 5.82. The van der Waals surface area contributed by atoms with Gasteiger partial charge in [0.15, 0.2) is 0 Å². The van der Waals surface area contributed by atoms with Gasteiger partial charge >= 0.3 is 12.2 Å². The fraction of sp³-hybridized carbons (Fsp3) is 0.429. The molecule has 0 aliphatic carbocycles. The summed E-state index contributed by atoms with van der Waals surface area (Å²) in [5, 5.41) is 18.5. The van der Waals surface area contributed by atoms with Crippen molar-refractivity contribution in [1.82, 2.24) is 0 Å². The van der Waals surface area contributed by atoms with Gasteiger partial charge in [-0.1, -0.05) is 0 Å². The van der Waals surface area contributed by atoms with Crippen LogP contribution in [0.3, 0.4) is 0 Å². The zero-order valence-corrected chi connectivity index (χ0v) is 11.7. The highest BCUT2D eigenvalue weighted by atomic mass is 16.6. The molecular weight excluding hydrogens is 292 g/mol. The number of hydrogen-bond acceptors (Lipinski definition) is 6. The van der Waals surface area contributed by atoms with E-state index in [1.807, 2.05) is 0 Å². The molecule has 2 aliphatic heterocycles. The van der Waals surface area contributed by atoms with Crippen LogP contribution in [0.1, 0.15) is 0 Å². The van der Waals surface area contributed by atoms with Gasteiger partial charge in [-0.2, -0.15) is 0 Å². The number of ether oxygens (including phenoxy) is 2. The molecule has 0 spiro atoms. The molecule has 3 rings (SSSR count). The molecule has 1 aromatic carbocycles. The minimum absolute atomic E-state index is 0.141. The third kappa shape index (κ3) is 2.36. The van der Waals surface area contributed by atoms with Crippen LogP contribution in [0.25, 0.3) is 0 Å². The number of carbonyl (C=O) groups excluding carboxylic acids is 2. The molecule has 0 bridgehead atoms. The van der Waals surface area contributed by atoms with Crippen LogP contribution in [0.5, 0.6) is 0 Å². The van der Waals surface area contributed by atoms with E-state index in [0.29, 0.717) is 11.4 Å². The Morgan fingerprint density at radius 3 is 1.55 bits per heavy atom. The molecule has 2 heterocycles. The van der Waals surface area contributed by atoms with Crippen LogP contribution in [0.4, 0.5) is 21.0 Å². The maximum Gasteiger partial charge on any atom is 0.414 e. The van der Waals surface area contributed by atoms with Gasteiger partial charge in [-0.15, -0.1) is 0 Å². The van der Waals surface area contributed by atoms with Gasteiger partial charge in [0.05, 0.1) is 25.3 Å². The first kappa shape index (κ1) is 14.6. The molecule has 1 aromatic rings. The molecule has 2 unspecified atom stereocenters. The first-order valence-corrected chi connectivity index (χ1v) is 6.89. The van der Waals surface area contributed by atoms with Gasteiger partial charge in [-0.05, 0) is 24.3 Å². The first-order valence-electron chi connectivity index (χ1n) is 6.89. The maximum atomic E-state index is 11.7. The monoisotopic (exact) mass is 308 g/mol. The Morgan fingerprint density at radius 1 is 0.864 bits per heavy atom. The summed E-state index contributed by atoms with van der Waals surface area (Å²) < 4.78 is 9.83. The lowest BCUT2D eigenvalue weighted by Gasteiger charge is -2.22. The lowest BCUT2D eigenvalue weighted by Crippen LogP contribution is -2.37. The molecule has 2 fully saturated rings. The lowest BCUT2D eigenvalue weighted by atomic mass is 10.2. The SMILES string of the molecule is O=C1OCC(CO)N1c1ccc(N2C(=O)OCC2CO)cc1. The molecule has 0 radical (unpaired) electrons. The number of carbonyl (C=O) groups is 2. The molecule has 22 heavy (non-hydrogen) atoms. The third-order valence-corrected chi connectivity index (χ3v) is 3.75. The summed E-state index contributed by atoms with van der Waals surface area (Å²) in [6.45, 7) is -0.110. The summed E-state index contributed by atoms with van der Waals surface area (Å²) in [4.78, 5) is 26.2. The first-order chi connectivity index (χ1) is 10.7. The standard InChI is InChI=1S/C14H16N2O6/c17-5-11-7-21-13(19)15(11)9-1-2-10(4-3-9)16-12(6-18)8-22-14(16)20/h1-4,11-12,17-18H,5-8H2. The van der Waals surface area contributed by atoms with Crippen molar-refractivity contribution in [3.63, 3.8) is 0 Å². The van der Waals surface area contributed by atoms with Gasteiger partial charge in [-0.25, -0.2) is 9.59 Å². The number of benzene rings is 1. The minimum Gasteiger partial charge on any atom is -0.447 e. The Labute approximate surface area is 126 Å². The van der Waals surface area contributed by atoms with Crippen LogP contribution in [0.2, 0.25) is 0 Å². The second-order valence-electron chi connectivity index (χ2n) is 5.08. The van der Waals surface area contributed by atoms with Crippen molar-refractivity contribution >= 4 is 23.6 Å². The molecule has 2 atom stereocenters. The van der Waals surface area contributed by atoms with Crippen LogP contribution in [0.15, 0.2) is 24.3 Å². The van der Waals surface area contributed by atoms with E-state index in [0.717, 1.165) is 0 Å². The highest BCUT2D eigenvalue weighted by molar-refractivity contribution is 5.93. The van der Waals surface area contributed by atoms with E-state index in [-0.39, 0.29) is 26.4 Å². The van der Waals surface area contributed by atoms with E-state index in [9.17, 15) is 19.8 Å². The van der Waals surface area contributed by atoms with E-state index in [2.05, 4.69) is 0 Å². The average molecular weight is 308 g/mol. The van der Waals surface area contributed by atoms with Gasteiger partial charge in [0.2, 0.25) is 0 Å². The fourth-order valence-corrected chi connectivity index (χ4v) is 2.60. The predicted octanol–water partition coefficient (Wildman–Crippen LogP) is 0.322. The van der Waals surface area contributed by atoms with Crippen LogP contribution < -0.4 is 9.80 Å². The van der Waals surface area contributed by atoms with Crippen molar-refractivity contribution in [2.75, 3.05) is 36.2 Å². The maximum absolute atomic E-state index is 11.7. The molecule has 118 valence electrons. The van der Waals surface area contributed by atoms with Crippen LogP contribution >= 0.6 is 0 Å². The molecule has 8 nitrogen and oxygen atoms in total. The normalized spacial score (nSPS) is 24.6. The second-order valence-corrected chi connectivity index (χ2v) is 5.08. The van der Waals surface area contributed by atoms with E-state index in [1.165, 1.54) is 9.80 Å². The molecule has 2 saturated heterocycles. The topological polar surface area (TPSA) is 99.5 Å². The minimum atomic E-state index is -0.513. The van der Waals surface area contributed by atoms with Gasteiger partial charge in [-0.3, -0.25) is 9.80 Å². The highest BCUT2D eigenvalue weighted by Gasteiger charge is 2.35. The van der Waals surface area contributed by atoms with Crippen molar-refractivity contribution < 1.29 is 29.3 Å². The largest absolute Gasteiger partial charge is 0.447 e. The van der Waals surface area contributed by atoms with E-state index in [1.54, 1.807) is 24.3 Å². The Balaban J connectivity index is 1.83. The summed E-state index contributed by atoms with van der Waals surface area (Å²) in [5.74, 6) is 0. The van der Waals surface area contributed by atoms with Crippen LogP contribution in [0, 0.1) is 0 Å². The van der Waals surface area contributed by atoms with Crippen molar-refractivity contribution in [3.8, 4) is 0 Å². The van der Waals surface area contributed by atoms with Gasteiger partial charge in [0, 0.05) is 11.4 Å². The van der Waals surface area contributed by atoms with Crippen molar-refractivity contribution in [3.05, 3.63) is 24.3 Å². The molecule has 2 N–H and O–H groups in total. The van der Waals surface area contributed by atoms with Gasteiger partial charge < -0.3 is 19.7 Å². The van der Waals surface area contributed by atoms with Crippen LogP contribution in [-0.4, -0.2) is 60.9 Å². The molecular formula is C14H16N2O6. The third-order valence-electron chi connectivity index (χ3n) is 3.75. The highest BCUT2D eigenvalue weighted by Crippen LogP contribution is 2.28. The number of rotatable bonds is 4. The Hall–Kier alpha value is -2.32. The molecule has 0 aromatic heterocycles. The summed E-state index contributed by atoms with van der Waals surface area (Å²) in [5.41, 5.74) is 1.14. The molecule has 8 heteroatoms. The number of aliphatic hydroxyl groups excluding tert-OH is 2. The number of amides is 2. The van der Waals surface area contributed by atoms with E-state index < -0.39 is 24.3 Å². The Morgan fingerprint density at radius 2 is 1.23 bits per heavy atom. The Kier molecular flexibility index (Phi) is 3.86. The summed E-state index contributed by atoms with van der Waals surface area (Å²) in [7, 11) is 0. The quantitative estimate of drug-likeness (QED) is 0.831. The lowest BCUT2D eigenvalue weighted by molar-refractivity contribution is 0.172. The number of anilines is 2. The number of cyclic esters (lactones) is 2. The molecule has 2 amide bonds. The van der Waals surface area contributed by atoms with Crippen molar-refractivity contribution in [2.45, 2.75) is 12.1 Å². The smallest absolute Gasteiger partial charge is 0.414 e. The van der Waals surface area contributed by atoms with E-state index >= 15 is 0 Å².